The molecule has 2 heterocycles. The second-order valence-corrected chi connectivity index (χ2v) is 8.97. The van der Waals surface area contributed by atoms with Gasteiger partial charge >= 0.3 is 5.97 Å². The van der Waals surface area contributed by atoms with Gasteiger partial charge in [-0.05, 0) is 56.2 Å². The Labute approximate surface area is 209 Å². The summed E-state index contributed by atoms with van der Waals surface area (Å²) in [7, 11) is 0. The predicted octanol–water partition coefficient (Wildman–Crippen LogP) is 4.31. The van der Waals surface area contributed by atoms with E-state index in [0.29, 0.717) is 30.4 Å². The van der Waals surface area contributed by atoms with E-state index < -0.39 is 12.1 Å². The highest BCUT2D eigenvalue weighted by Crippen LogP contribution is 2.35. The van der Waals surface area contributed by atoms with Gasteiger partial charge < -0.3 is 19.5 Å². The first-order valence-corrected chi connectivity index (χ1v) is 12.3. The molecule has 1 aliphatic heterocycles. The average molecular weight is 488 g/mol. The number of benzene rings is 2. The standard InChI is InChI=1S/C28H29N3O5/c1-19(28(33)29-22-7-5-6-8-22)36-26(32)14-12-21-18-31(23-9-3-2-4-10-23)30-27(21)20-11-13-24-25(17-20)35-16-15-34-24/h2-4,9-14,17-19,22H,5-8,15-16H2,1H3,(H,29,33)/b14-12+. The van der Waals surface area contributed by atoms with Crippen LogP contribution in [0.1, 0.15) is 38.2 Å². The smallest absolute Gasteiger partial charge is 0.331 e. The Balaban J connectivity index is 1.36. The fourth-order valence-corrected chi connectivity index (χ4v) is 4.45. The van der Waals surface area contributed by atoms with E-state index in [1.807, 2.05) is 54.7 Å². The minimum atomic E-state index is -0.868. The van der Waals surface area contributed by atoms with Gasteiger partial charge in [0.2, 0.25) is 0 Å². The van der Waals surface area contributed by atoms with Crippen LogP contribution in [0.4, 0.5) is 0 Å². The zero-order chi connectivity index (χ0) is 24.9. The van der Waals surface area contributed by atoms with Crippen molar-refractivity contribution in [1.29, 1.82) is 0 Å². The molecule has 1 unspecified atom stereocenters. The number of nitrogens with zero attached hydrogens (tertiary/aromatic N) is 2. The molecule has 1 aliphatic carbocycles. The fourth-order valence-electron chi connectivity index (χ4n) is 4.45. The summed E-state index contributed by atoms with van der Waals surface area (Å²) in [6, 6.07) is 15.5. The molecule has 8 heteroatoms. The largest absolute Gasteiger partial charge is 0.486 e. The van der Waals surface area contributed by atoms with E-state index in [-0.39, 0.29) is 11.9 Å². The Morgan fingerprint density at radius 1 is 1.08 bits per heavy atom. The number of carbonyl (C=O) groups is 2. The number of carbonyl (C=O) groups excluding carboxylic acids is 2. The first-order chi connectivity index (χ1) is 17.6. The lowest BCUT2D eigenvalue weighted by Crippen LogP contribution is -2.40. The van der Waals surface area contributed by atoms with Crippen LogP contribution in [0.5, 0.6) is 11.5 Å². The summed E-state index contributed by atoms with van der Waals surface area (Å²) < 4.78 is 18.5. The van der Waals surface area contributed by atoms with Crippen molar-refractivity contribution in [3.05, 3.63) is 66.4 Å². The van der Waals surface area contributed by atoms with Crippen molar-refractivity contribution in [2.75, 3.05) is 13.2 Å². The summed E-state index contributed by atoms with van der Waals surface area (Å²) in [5, 5.41) is 7.74. The first kappa shape index (κ1) is 23.7. The number of esters is 1. The first-order valence-electron chi connectivity index (χ1n) is 12.3. The number of ether oxygens (including phenoxy) is 3. The van der Waals surface area contributed by atoms with E-state index >= 15 is 0 Å². The molecule has 36 heavy (non-hydrogen) atoms. The number of aromatic nitrogens is 2. The van der Waals surface area contributed by atoms with Crippen molar-refractivity contribution < 1.29 is 23.8 Å². The quantitative estimate of drug-likeness (QED) is 0.394. The van der Waals surface area contributed by atoms with Gasteiger partial charge in [0.05, 0.1) is 5.69 Å². The van der Waals surface area contributed by atoms with Crippen molar-refractivity contribution in [1.82, 2.24) is 15.1 Å². The van der Waals surface area contributed by atoms with Crippen LogP contribution >= 0.6 is 0 Å². The normalized spacial score (nSPS) is 16.1. The molecule has 0 saturated heterocycles. The number of para-hydroxylation sites is 1. The van der Waals surface area contributed by atoms with Gasteiger partial charge in [-0.1, -0.05) is 31.0 Å². The van der Waals surface area contributed by atoms with E-state index in [0.717, 1.165) is 42.5 Å². The Morgan fingerprint density at radius 3 is 2.61 bits per heavy atom. The second-order valence-electron chi connectivity index (χ2n) is 8.97. The Morgan fingerprint density at radius 2 is 1.83 bits per heavy atom. The molecule has 8 nitrogen and oxygen atoms in total. The van der Waals surface area contributed by atoms with Gasteiger partial charge in [0.1, 0.15) is 18.9 Å². The molecule has 3 aromatic rings. The zero-order valence-corrected chi connectivity index (χ0v) is 20.2. The third-order valence-electron chi connectivity index (χ3n) is 6.34. The van der Waals surface area contributed by atoms with E-state index in [1.54, 1.807) is 17.7 Å². The molecule has 1 amide bonds. The lowest BCUT2D eigenvalue weighted by atomic mass is 10.1. The molecule has 2 aromatic carbocycles. The minimum absolute atomic E-state index is 0.173. The van der Waals surface area contributed by atoms with E-state index in [1.165, 1.54) is 6.08 Å². The molecule has 0 spiro atoms. The summed E-state index contributed by atoms with van der Waals surface area (Å²) in [5.41, 5.74) is 3.10. The van der Waals surface area contributed by atoms with Gasteiger partial charge in [-0.15, -0.1) is 0 Å². The van der Waals surface area contributed by atoms with Gasteiger partial charge in [-0.2, -0.15) is 5.10 Å². The van der Waals surface area contributed by atoms with Crippen molar-refractivity contribution in [2.24, 2.45) is 0 Å². The van der Waals surface area contributed by atoms with Gasteiger partial charge in [0, 0.05) is 29.4 Å². The van der Waals surface area contributed by atoms with Crippen molar-refractivity contribution in [2.45, 2.75) is 44.8 Å². The highest BCUT2D eigenvalue weighted by molar-refractivity contribution is 5.91. The average Bonchev–Trinajstić information content (AvgIpc) is 3.58. The molecule has 1 saturated carbocycles. The third-order valence-corrected chi connectivity index (χ3v) is 6.34. The third kappa shape index (κ3) is 5.43. The number of hydrogen-bond donors (Lipinski definition) is 1. The lowest BCUT2D eigenvalue weighted by molar-refractivity contribution is -0.150. The highest BCUT2D eigenvalue weighted by Gasteiger charge is 2.23. The molecule has 1 fully saturated rings. The topological polar surface area (TPSA) is 91.7 Å². The van der Waals surface area contributed by atoms with Crippen LogP contribution in [0.15, 0.2) is 60.8 Å². The van der Waals surface area contributed by atoms with E-state index in [9.17, 15) is 9.59 Å². The van der Waals surface area contributed by atoms with Crippen molar-refractivity contribution in [3.8, 4) is 28.4 Å². The molecular weight excluding hydrogens is 458 g/mol. The van der Waals surface area contributed by atoms with Gasteiger partial charge in [-0.25, -0.2) is 9.48 Å². The van der Waals surface area contributed by atoms with Crippen molar-refractivity contribution in [3.63, 3.8) is 0 Å². The summed E-state index contributed by atoms with van der Waals surface area (Å²) in [6.45, 7) is 2.59. The monoisotopic (exact) mass is 487 g/mol. The second kappa shape index (κ2) is 10.7. The molecule has 1 N–H and O–H groups in total. The number of rotatable bonds is 7. The maximum atomic E-state index is 12.5. The lowest BCUT2D eigenvalue weighted by Gasteiger charge is -2.18. The summed E-state index contributed by atoms with van der Waals surface area (Å²) in [5.74, 6) is 0.490. The van der Waals surface area contributed by atoms with Crippen molar-refractivity contribution >= 4 is 18.0 Å². The van der Waals surface area contributed by atoms with Crippen LogP contribution in [-0.2, 0) is 14.3 Å². The van der Waals surface area contributed by atoms with Crippen LogP contribution < -0.4 is 14.8 Å². The number of fused-ring (bicyclic) bond motifs is 1. The van der Waals surface area contributed by atoms with Crippen LogP contribution in [0.2, 0.25) is 0 Å². The van der Waals surface area contributed by atoms with Crippen LogP contribution in [0, 0.1) is 0 Å². The van der Waals surface area contributed by atoms with E-state index in [4.69, 9.17) is 19.3 Å². The molecule has 1 aromatic heterocycles. The SMILES string of the molecule is CC(OC(=O)/C=C/c1cn(-c2ccccc2)nc1-c1ccc2c(c1)OCCO2)C(=O)NC1CCCC1. The minimum Gasteiger partial charge on any atom is -0.486 e. The van der Waals surface area contributed by atoms with Crippen LogP contribution in [-0.4, -0.2) is 47.0 Å². The molecule has 0 radical (unpaired) electrons. The number of amides is 1. The van der Waals surface area contributed by atoms with Gasteiger partial charge in [0.15, 0.2) is 17.6 Å². The zero-order valence-electron chi connectivity index (χ0n) is 20.2. The molecule has 5 rings (SSSR count). The van der Waals surface area contributed by atoms with Crippen LogP contribution in [0.25, 0.3) is 23.0 Å². The molecule has 0 bridgehead atoms. The maximum absolute atomic E-state index is 12.5. The molecule has 186 valence electrons. The van der Waals surface area contributed by atoms with E-state index in [2.05, 4.69) is 5.32 Å². The van der Waals surface area contributed by atoms with Crippen LogP contribution in [0.3, 0.4) is 0 Å². The summed E-state index contributed by atoms with van der Waals surface area (Å²) >= 11 is 0. The molecular formula is C28H29N3O5. The molecule has 1 atom stereocenters. The summed E-state index contributed by atoms with van der Waals surface area (Å²) in [6.07, 6.45) is 8.14. The Bertz CT molecular complexity index is 1260. The summed E-state index contributed by atoms with van der Waals surface area (Å²) in [4.78, 5) is 24.9. The maximum Gasteiger partial charge on any atom is 0.331 e. The Kier molecular flexibility index (Phi) is 7.02. The fraction of sp³-hybridized carbons (Fsp3) is 0.321. The predicted molar refractivity (Wildman–Crippen MR) is 135 cm³/mol. The molecule has 2 aliphatic rings. The number of nitrogens with one attached hydrogen (secondary N) is 1. The van der Waals surface area contributed by atoms with Gasteiger partial charge in [-0.3, -0.25) is 4.79 Å². The van der Waals surface area contributed by atoms with Gasteiger partial charge in [0.25, 0.3) is 5.91 Å². The Hall–Kier alpha value is -4.07. The number of hydrogen-bond acceptors (Lipinski definition) is 6. The highest BCUT2D eigenvalue weighted by atomic mass is 16.6.